The maximum absolute atomic E-state index is 5.45. The van der Waals surface area contributed by atoms with Gasteiger partial charge in [-0.2, -0.15) is 0 Å². The molecule has 0 fully saturated rings. The van der Waals surface area contributed by atoms with Gasteiger partial charge in [0.25, 0.3) is 0 Å². The van der Waals surface area contributed by atoms with Crippen molar-refractivity contribution < 1.29 is 4.74 Å². The summed E-state index contributed by atoms with van der Waals surface area (Å²) in [5.41, 5.74) is 1.37. The van der Waals surface area contributed by atoms with E-state index in [0.29, 0.717) is 0 Å². The number of unbranched alkanes of at least 4 members (excludes halogenated alkanes) is 5. The summed E-state index contributed by atoms with van der Waals surface area (Å²) >= 11 is 0. The van der Waals surface area contributed by atoms with Crippen LogP contribution in [0.1, 0.15) is 57.4 Å². The van der Waals surface area contributed by atoms with Gasteiger partial charge in [-0.1, -0.05) is 95.3 Å². The standard InChI is InChI=1S/C20H36OSi/c1-5-6-7-8-9-12-17-22(3,4)18-13-15-19-14-10-11-16-20(19)21-2/h10-11,14,16H,5-9,12-13,15,17-18H2,1-4H3. The Balaban J connectivity index is 2.21. The highest BCUT2D eigenvalue weighted by Gasteiger charge is 2.19. The zero-order valence-corrected chi connectivity index (χ0v) is 16.3. The highest BCUT2D eigenvalue weighted by Crippen LogP contribution is 2.25. The van der Waals surface area contributed by atoms with Gasteiger partial charge in [0.1, 0.15) is 5.75 Å². The smallest absolute Gasteiger partial charge is 0.122 e. The molecule has 0 aliphatic rings. The SMILES string of the molecule is CCCCCCCC[Si](C)(C)CCCc1ccccc1OC. The van der Waals surface area contributed by atoms with E-state index in [2.05, 4.69) is 44.3 Å². The quantitative estimate of drug-likeness (QED) is 0.307. The molecule has 0 atom stereocenters. The largest absolute Gasteiger partial charge is 0.496 e. The van der Waals surface area contributed by atoms with Gasteiger partial charge in [0.15, 0.2) is 0 Å². The highest BCUT2D eigenvalue weighted by atomic mass is 28.3. The first kappa shape index (κ1) is 19.3. The van der Waals surface area contributed by atoms with Crippen LogP contribution < -0.4 is 4.74 Å². The lowest BCUT2D eigenvalue weighted by atomic mass is 10.1. The first-order valence-corrected chi connectivity index (χ1v) is 12.6. The number of methoxy groups -OCH3 is 1. The minimum atomic E-state index is -0.994. The molecule has 0 unspecified atom stereocenters. The third-order valence-corrected chi connectivity index (χ3v) is 8.11. The van der Waals surface area contributed by atoms with Crippen molar-refractivity contribution in [3.63, 3.8) is 0 Å². The zero-order chi connectivity index (χ0) is 16.3. The number of hydrogen-bond donors (Lipinski definition) is 0. The Morgan fingerprint density at radius 3 is 2.23 bits per heavy atom. The minimum Gasteiger partial charge on any atom is -0.496 e. The molecule has 0 N–H and O–H groups in total. The Morgan fingerprint density at radius 2 is 1.50 bits per heavy atom. The molecule has 22 heavy (non-hydrogen) atoms. The Labute approximate surface area is 139 Å². The van der Waals surface area contributed by atoms with Gasteiger partial charge < -0.3 is 4.74 Å². The fourth-order valence-electron chi connectivity index (χ4n) is 3.18. The van der Waals surface area contributed by atoms with Crippen LogP contribution in [-0.2, 0) is 6.42 Å². The van der Waals surface area contributed by atoms with Crippen LogP contribution in [0.5, 0.6) is 5.75 Å². The number of para-hydroxylation sites is 1. The van der Waals surface area contributed by atoms with Crippen LogP contribution in [0.4, 0.5) is 0 Å². The van der Waals surface area contributed by atoms with E-state index in [0.717, 1.165) is 12.2 Å². The highest BCUT2D eigenvalue weighted by molar-refractivity contribution is 6.77. The second-order valence-electron chi connectivity index (χ2n) is 7.35. The van der Waals surface area contributed by atoms with Crippen molar-refractivity contribution in [2.75, 3.05) is 7.11 Å². The Kier molecular flexibility index (Phi) is 9.54. The first-order valence-electron chi connectivity index (χ1n) is 9.21. The summed E-state index contributed by atoms with van der Waals surface area (Å²) in [4.78, 5) is 0. The molecular weight excluding hydrogens is 284 g/mol. The van der Waals surface area contributed by atoms with E-state index in [-0.39, 0.29) is 0 Å². The predicted molar refractivity (Wildman–Crippen MR) is 102 cm³/mol. The molecule has 0 amide bonds. The van der Waals surface area contributed by atoms with Crippen LogP contribution >= 0.6 is 0 Å². The normalized spacial score (nSPS) is 11.6. The molecule has 0 aliphatic carbocycles. The Hall–Kier alpha value is -0.763. The molecule has 1 rings (SSSR count). The van der Waals surface area contributed by atoms with Gasteiger partial charge in [-0.05, 0) is 18.1 Å². The van der Waals surface area contributed by atoms with E-state index < -0.39 is 8.07 Å². The molecule has 0 aliphatic heterocycles. The molecule has 1 nitrogen and oxygen atoms in total. The molecular formula is C20H36OSi. The molecule has 0 heterocycles. The van der Waals surface area contributed by atoms with Gasteiger partial charge >= 0.3 is 0 Å². The van der Waals surface area contributed by atoms with Crippen molar-refractivity contribution in [1.82, 2.24) is 0 Å². The molecule has 0 spiro atoms. The summed E-state index contributed by atoms with van der Waals surface area (Å²) in [6, 6.07) is 11.4. The third-order valence-electron chi connectivity index (χ3n) is 4.70. The topological polar surface area (TPSA) is 9.23 Å². The van der Waals surface area contributed by atoms with E-state index in [9.17, 15) is 0 Å². The fourth-order valence-corrected chi connectivity index (χ4v) is 5.77. The summed E-state index contributed by atoms with van der Waals surface area (Å²) in [6.07, 6.45) is 11.0. The maximum atomic E-state index is 5.45. The van der Waals surface area contributed by atoms with Gasteiger partial charge in [0, 0.05) is 8.07 Å². The predicted octanol–water partition coefficient (Wildman–Crippen LogP) is 6.70. The zero-order valence-electron chi connectivity index (χ0n) is 15.3. The van der Waals surface area contributed by atoms with Crippen LogP contribution in [-0.4, -0.2) is 15.2 Å². The van der Waals surface area contributed by atoms with Gasteiger partial charge in [-0.25, -0.2) is 0 Å². The maximum Gasteiger partial charge on any atom is 0.122 e. The van der Waals surface area contributed by atoms with Crippen molar-refractivity contribution >= 4 is 8.07 Å². The molecule has 0 aromatic heterocycles. The first-order chi connectivity index (χ1) is 10.6. The fraction of sp³-hybridized carbons (Fsp3) is 0.700. The average molecular weight is 321 g/mol. The van der Waals surface area contributed by atoms with Crippen molar-refractivity contribution in [2.45, 2.75) is 83.5 Å². The van der Waals surface area contributed by atoms with Crippen LogP contribution in [0.25, 0.3) is 0 Å². The molecule has 0 bridgehead atoms. The number of ether oxygens (including phenoxy) is 1. The second kappa shape index (κ2) is 10.9. The van der Waals surface area contributed by atoms with Gasteiger partial charge in [0.2, 0.25) is 0 Å². The van der Waals surface area contributed by atoms with E-state index in [1.54, 1.807) is 7.11 Å². The number of hydrogen-bond acceptors (Lipinski definition) is 1. The number of rotatable bonds is 12. The van der Waals surface area contributed by atoms with Crippen LogP contribution in [0.3, 0.4) is 0 Å². The molecule has 0 saturated heterocycles. The Bertz CT molecular complexity index is 400. The summed E-state index contributed by atoms with van der Waals surface area (Å²) in [7, 11) is 0.780. The summed E-state index contributed by atoms with van der Waals surface area (Å²) in [5, 5.41) is 0. The average Bonchev–Trinajstić information content (AvgIpc) is 2.51. The lowest BCUT2D eigenvalue weighted by molar-refractivity contribution is 0.409. The van der Waals surface area contributed by atoms with E-state index >= 15 is 0 Å². The molecule has 2 heteroatoms. The van der Waals surface area contributed by atoms with Gasteiger partial charge in [-0.3, -0.25) is 0 Å². The van der Waals surface area contributed by atoms with Crippen LogP contribution in [0.15, 0.2) is 24.3 Å². The molecule has 1 aromatic carbocycles. The van der Waals surface area contributed by atoms with Gasteiger partial charge in [-0.15, -0.1) is 0 Å². The third kappa shape index (κ3) is 8.02. The summed E-state index contributed by atoms with van der Waals surface area (Å²) in [5.74, 6) is 1.05. The minimum absolute atomic E-state index is 0.994. The Morgan fingerprint density at radius 1 is 0.864 bits per heavy atom. The summed E-state index contributed by atoms with van der Waals surface area (Å²) in [6.45, 7) is 7.43. The second-order valence-corrected chi connectivity index (χ2v) is 12.7. The van der Waals surface area contributed by atoms with E-state index in [1.807, 2.05) is 0 Å². The van der Waals surface area contributed by atoms with Crippen molar-refractivity contribution in [3.05, 3.63) is 29.8 Å². The van der Waals surface area contributed by atoms with Crippen LogP contribution in [0, 0.1) is 0 Å². The van der Waals surface area contributed by atoms with E-state index in [4.69, 9.17) is 4.74 Å². The molecule has 0 saturated carbocycles. The molecule has 0 radical (unpaired) electrons. The van der Waals surface area contributed by atoms with Crippen molar-refractivity contribution in [2.24, 2.45) is 0 Å². The van der Waals surface area contributed by atoms with E-state index in [1.165, 1.54) is 62.6 Å². The monoisotopic (exact) mass is 320 g/mol. The molecule has 1 aromatic rings. The number of aryl methyl sites for hydroxylation is 1. The molecule has 126 valence electrons. The van der Waals surface area contributed by atoms with Gasteiger partial charge in [0.05, 0.1) is 7.11 Å². The van der Waals surface area contributed by atoms with Crippen molar-refractivity contribution in [3.8, 4) is 5.75 Å². The lowest BCUT2D eigenvalue weighted by Crippen LogP contribution is -2.24. The lowest BCUT2D eigenvalue weighted by Gasteiger charge is -2.22. The van der Waals surface area contributed by atoms with Crippen LogP contribution in [0.2, 0.25) is 25.2 Å². The summed E-state index contributed by atoms with van der Waals surface area (Å²) < 4.78 is 5.45. The van der Waals surface area contributed by atoms with Crippen molar-refractivity contribution in [1.29, 1.82) is 0 Å². The number of benzene rings is 1.